The number of aromatic amines is 1. The highest BCUT2D eigenvalue weighted by Crippen LogP contribution is 2.45. The van der Waals surface area contributed by atoms with Crippen molar-refractivity contribution in [3.8, 4) is 5.75 Å². The van der Waals surface area contributed by atoms with Crippen LogP contribution in [0.2, 0.25) is 0 Å². The summed E-state index contributed by atoms with van der Waals surface area (Å²) in [6, 6.07) is 8.90. The summed E-state index contributed by atoms with van der Waals surface area (Å²) in [6.45, 7) is 10.3. The number of hydrogen-bond acceptors (Lipinski definition) is 4. The lowest BCUT2D eigenvalue weighted by Crippen LogP contribution is -2.49. The summed E-state index contributed by atoms with van der Waals surface area (Å²) in [5.41, 5.74) is 4.55. The summed E-state index contributed by atoms with van der Waals surface area (Å²) >= 11 is 0. The van der Waals surface area contributed by atoms with E-state index in [2.05, 4.69) is 56.8 Å². The molecule has 1 aliphatic heterocycles. The molecule has 6 heteroatoms. The largest absolute Gasteiger partial charge is 0.490 e. The number of fused-ring (bicyclic) bond motifs is 2. The van der Waals surface area contributed by atoms with Gasteiger partial charge in [-0.25, -0.2) is 9.37 Å². The fourth-order valence-electron chi connectivity index (χ4n) is 5.22. The number of imidazole rings is 1. The molecule has 0 aliphatic carbocycles. The SMILES string of the molecule is Cc1ccc(C)c2[nH]c(CCCN(C)CCC3(O)COc4cc(F)ccc4[C@@H]3C(C)C)nc12. The first-order valence-electron chi connectivity index (χ1n) is 12.0. The van der Waals surface area contributed by atoms with Crippen molar-refractivity contribution in [2.75, 3.05) is 26.7 Å². The molecule has 4 rings (SSSR count). The second kappa shape index (κ2) is 9.43. The molecule has 0 fully saturated rings. The maximum absolute atomic E-state index is 13.7. The van der Waals surface area contributed by atoms with Crippen molar-refractivity contribution in [1.29, 1.82) is 0 Å². The fourth-order valence-corrected chi connectivity index (χ4v) is 5.22. The van der Waals surface area contributed by atoms with E-state index < -0.39 is 5.60 Å². The average molecular weight is 454 g/mol. The molecule has 0 spiro atoms. The number of aliphatic hydroxyl groups is 1. The molecule has 178 valence electrons. The van der Waals surface area contributed by atoms with Crippen LogP contribution in [0.5, 0.6) is 5.75 Å². The number of halogens is 1. The van der Waals surface area contributed by atoms with Gasteiger partial charge in [0.1, 0.15) is 29.6 Å². The number of nitrogens with zero attached hydrogens (tertiary/aromatic N) is 2. The molecule has 1 unspecified atom stereocenters. The van der Waals surface area contributed by atoms with Gasteiger partial charge in [-0.1, -0.05) is 32.0 Å². The highest BCUT2D eigenvalue weighted by Gasteiger charge is 2.44. The number of ether oxygens (including phenoxy) is 1. The van der Waals surface area contributed by atoms with Crippen LogP contribution in [0.4, 0.5) is 4.39 Å². The summed E-state index contributed by atoms with van der Waals surface area (Å²) in [5, 5.41) is 11.5. The molecule has 2 N–H and O–H groups in total. The Hall–Kier alpha value is -2.44. The normalized spacial score (nSPS) is 20.5. The Kier molecular flexibility index (Phi) is 6.78. The Bertz CT molecular complexity index is 1090. The van der Waals surface area contributed by atoms with Gasteiger partial charge in [-0.05, 0) is 63.4 Å². The smallest absolute Gasteiger partial charge is 0.126 e. The van der Waals surface area contributed by atoms with E-state index in [0.29, 0.717) is 12.2 Å². The molecule has 33 heavy (non-hydrogen) atoms. The Morgan fingerprint density at radius 2 is 1.97 bits per heavy atom. The number of aromatic nitrogens is 2. The molecule has 2 aromatic carbocycles. The van der Waals surface area contributed by atoms with Crippen LogP contribution in [0.3, 0.4) is 0 Å². The lowest BCUT2D eigenvalue weighted by Gasteiger charge is -2.43. The molecule has 0 radical (unpaired) electrons. The summed E-state index contributed by atoms with van der Waals surface area (Å²) in [6.07, 6.45) is 2.48. The maximum atomic E-state index is 13.7. The first-order chi connectivity index (χ1) is 15.7. The third kappa shape index (κ3) is 4.92. The maximum Gasteiger partial charge on any atom is 0.126 e. The van der Waals surface area contributed by atoms with E-state index in [9.17, 15) is 9.50 Å². The van der Waals surface area contributed by atoms with Gasteiger partial charge in [0.15, 0.2) is 0 Å². The number of rotatable bonds is 8. The summed E-state index contributed by atoms with van der Waals surface area (Å²) in [7, 11) is 2.09. The predicted molar refractivity (Wildman–Crippen MR) is 130 cm³/mol. The second-order valence-electron chi connectivity index (χ2n) is 10.1. The minimum Gasteiger partial charge on any atom is -0.490 e. The van der Waals surface area contributed by atoms with Crippen LogP contribution in [0, 0.1) is 25.6 Å². The van der Waals surface area contributed by atoms with Gasteiger partial charge in [0.05, 0.1) is 11.0 Å². The molecule has 1 aromatic heterocycles. The Labute approximate surface area is 196 Å². The summed E-state index contributed by atoms with van der Waals surface area (Å²) in [4.78, 5) is 10.5. The average Bonchev–Trinajstić information content (AvgIpc) is 3.20. The first-order valence-corrected chi connectivity index (χ1v) is 12.0. The van der Waals surface area contributed by atoms with E-state index in [1.54, 1.807) is 6.07 Å². The van der Waals surface area contributed by atoms with Crippen LogP contribution in [-0.2, 0) is 6.42 Å². The molecule has 2 atom stereocenters. The number of aryl methyl sites for hydroxylation is 3. The molecule has 0 bridgehead atoms. The lowest BCUT2D eigenvalue weighted by atomic mass is 9.72. The standard InChI is InChI=1S/C27H36FN3O2/c1-17(2)24-21-11-10-20(28)15-22(21)33-16-27(24,32)12-14-31(5)13-6-7-23-29-25-18(3)8-9-19(4)26(25)30-23/h8-11,15,17,24,32H,6-7,12-14,16H2,1-5H3,(H,29,30)/t24-,27?/m0/s1. The number of hydrogen-bond donors (Lipinski definition) is 2. The summed E-state index contributed by atoms with van der Waals surface area (Å²) in [5.74, 6) is 1.41. The zero-order chi connectivity index (χ0) is 23.8. The van der Waals surface area contributed by atoms with Crippen LogP contribution in [0.1, 0.15) is 55.1 Å². The highest BCUT2D eigenvalue weighted by atomic mass is 19.1. The molecule has 3 aromatic rings. The van der Waals surface area contributed by atoms with Crippen molar-refractivity contribution < 1.29 is 14.2 Å². The van der Waals surface area contributed by atoms with Crippen molar-refractivity contribution in [1.82, 2.24) is 14.9 Å². The quantitative estimate of drug-likeness (QED) is 0.496. The van der Waals surface area contributed by atoms with Crippen molar-refractivity contribution in [2.45, 2.75) is 58.5 Å². The van der Waals surface area contributed by atoms with Crippen LogP contribution >= 0.6 is 0 Å². The first kappa shape index (κ1) is 23.7. The molecule has 1 aliphatic rings. The Morgan fingerprint density at radius 1 is 1.21 bits per heavy atom. The molecule has 0 amide bonds. The lowest BCUT2D eigenvalue weighted by molar-refractivity contribution is -0.0640. The van der Waals surface area contributed by atoms with E-state index in [1.165, 1.54) is 23.3 Å². The van der Waals surface area contributed by atoms with E-state index in [-0.39, 0.29) is 24.3 Å². The van der Waals surface area contributed by atoms with Gasteiger partial charge < -0.3 is 19.7 Å². The monoisotopic (exact) mass is 453 g/mol. The van der Waals surface area contributed by atoms with Gasteiger partial charge in [0.25, 0.3) is 0 Å². The van der Waals surface area contributed by atoms with Crippen molar-refractivity contribution in [3.05, 3.63) is 58.7 Å². The highest BCUT2D eigenvalue weighted by molar-refractivity contribution is 5.81. The van der Waals surface area contributed by atoms with Gasteiger partial charge in [-0.2, -0.15) is 0 Å². The van der Waals surface area contributed by atoms with Gasteiger partial charge in [0, 0.05) is 30.5 Å². The van der Waals surface area contributed by atoms with E-state index >= 15 is 0 Å². The van der Waals surface area contributed by atoms with Crippen LogP contribution < -0.4 is 4.74 Å². The fraction of sp³-hybridized carbons (Fsp3) is 0.519. The third-order valence-electron chi connectivity index (χ3n) is 7.02. The van der Waals surface area contributed by atoms with Crippen LogP contribution in [0.15, 0.2) is 30.3 Å². The molecule has 0 saturated heterocycles. The minimum atomic E-state index is -0.971. The zero-order valence-corrected chi connectivity index (χ0v) is 20.4. The number of H-pyrrole nitrogens is 1. The second-order valence-corrected chi connectivity index (χ2v) is 10.1. The van der Waals surface area contributed by atoms with Gasteiger partial charge in [0.2, 0.25) is 0 Å². The van der Waals surface area contributed by atoms with Crippen molar-refractivity contribution in [3.63, 3.8) is 0 Å². The Morgan fingerprint density at radius 3 is 2.70 bits per heavy atom. The molecule has 0 saturated carbocycles. The topological polar surface area (TPSA) is 61.4 Å². The molecule has 2 heterocycles. The Balaban J connectivity index is 1.34. The van der Waals surface area contributed by atoms with Crippen molar-refractivity contribution in [2.24, 2.45) is 5.92 Å². The molecule has 5 nitrogen and oxygen atoms in total. The molecular weight excluding hydrogens is 417 g/mol. The van der Waals surface area contributed by atoms with E-state index in [1.807, 2.05) is 0 Å². The molecular formula is C27H36FN3O2. The zero-order valence-electron chi connectivity index (χ0n) is 20.4. The summed E-state index contributed by atoms with van der Waals surface area (Å²) < 4.78 is 19.5. The third-order valence-corrected chi connectivity index (χ3v) is 7.02. The predicted octanol–water partition coefficient (Wildman–Crippen LogP) is 5.14. The number of nitrogens with one attached hydrogen (secondary N) is 1. The van der Waals surface area contributed by atoms with Gasteiger partial charge >= 0.3 is 0 Å². The van der Waals surface area contributed by atoms with Gasteiger partial charge in [-0.15, -0.1) is 0 Å². The van der Waals surface area contributed by atoms with E-state index in [4.69, 9.17) is 9.72 Å². The van der Waals surface area contributed by atoms with Crippen LogP contribution in [-0.4, -0.2) is 52.3 Å². The van der Waals surface area contributed by atoms with Crippen LogP contribution in [0.25, 0.3) is 11.0 Å². The van der Waals surface area contributed by atoms with Crippen molar-refractivity contribution >= 4 is 11.0 Å². The van der Waals surface area contributed by atoms with Gasteiger partial charge in [-0.3, -0.25) is 0 Å². The minimum absolute atomic E-state index is 0.0859. The number of benzene rings is 2. The van der Waals surface area contributed by atoms with E-state index in [0.717, 1.165) is 48.4 Å².